The number of aliphatic hydroxyl groups is 1. The van der Waals surface area contributed by atoms with Gasteiger partial charge in [0.25, 0.3) is 0 Å². The molecule has 0 bridgehead atoms. The molecule has 0 spiro atoms. The molecule has 76 heavy (non-hydrogen) atoms. The first kappa shape index (κ1) is 54.1. The molecule has 15 heteroatoms. The highest BCUT2D eigenvalue weighted by atomic mass is 16.8. The molecule has 3 N–H and O–H groups in total. The van der Waals surface area contributed by atoms with Gasteiger partial charge < -0.3 is 72.4 Å². The molecule has 15 nitrogen and oxygen atoms in total. The van der Waals surface area contributed by atoms with E-state index < -0.39 is 105 Å². The molecule has 6 aromatic rings. The monoisotopic (exact) mass is 1040 g/mol. The van der Waals surface area contributed by atoms with Gasteiger partial charge >= 0.3 is 0 Å². The maximum absolute atomic E-state index is 11.3. The van der Waals surface area contributed by atoms with Gasteiger partial charge in [-0.2, -0.15) is 0 Å². The molecular formula is C61H69NO14. The van der Waals surface area contributed by atoms with Gasteiger partial charge in [0.2, 0.25) is 0 Å². The van der Waals surface area contributed by atoms with E-state index in [1.54, 1.807) is 0 Å². The molecule has 4 fully saturated rings. The number of hydrogen-bond acceptors (Lipinski definition) is 15. The summed E-state index contributed by atoms with van der Waals surface area (Å²) in [6, 6.07) is 58.1. The maximum Gasteiger partial charge on any atom is 0.187 e. The summed E-state index contributed by atoms with van der Waals surface area (Å²) in [6.45, 7) is 2.62. The molecule has 0 amide bonds. The predicted octanol–water partition coefficient (Wildman–Crippen LogP) is 7.96. The van der Waals surface area contributed by atoms with Crippen LogP contribution < -0.4 is 5.73 Å². The van der Waals surface area contributed by atoms with E-state index >= 15 is 0 Å². The molecule has 10 rings (SSSR count). The Morgan fingerprint density at radius 2 is 0.855 bits per heavy atom. The Morgan fingerprint density at radius 3 is 1.33 bits per heavy atom. The number of rotatable bonds is 22. The number of nitrogens with two attached hydrogens (primary N) is 1. The van der Waals surface area contributed by atoms with E-state index in [1.165, 1.54) is 7.11 Å². The first-order valence-corrected chi connectivity index (χ1v) is 26.2. The van der Waals surface area contributed by atoms with Gasteiger partial charge in [0.1, 0.15) is 61.0 Å². The summed E-state index contributed by atoms with van der Waals surface area (Å²) in [5.74, 6) is 0. The normalized spacial score (nSPS) is 31.6. The molecule has 0 aromatic heterocycles. The van der Waals surface area contributed by atoms with Gasteiger partial charge in [-0.3, -0.25) is 0 Å². The van der Waals surface area contributed by atoms with Crippen molar-refractivity contribution in [2.45, 2.75) is 138 Å². The standard InChI is InChI=1S/C61H69NO14/c1-40-50(65-34-41-21-9-3-10-22-41)55(57(69-38-45-29-17-7-18-30-45)60(71-40)75-53-49(62)59(64-2)73-48-39-70-58(74-52(48)53)46-31-19-8-20-32-46)76-61-56(68-37-44-27-15-6-16-28-44)54(67-36-43-25-13-5-14-26-43)51(47(33-63)72-61)66-35-42-23-11-4-12-24-42/h3-32,40,47-61,63H,33-39,62H2,1-2H3/t40-,47-,48+,49+,50-,51-,52+,53+,54+,55+,56+,57+,58+,59+,60-,61-/m0/s1. The minimum atomic E-state index is -1.21. The third-order valence-corrected chi connectivity index (χ3v) is 14.2. The van der Waals surface area contributed by atoms with Crippen LogP contribution >= 0.6 is 0 Å². The fourth-order valence-corrected chi connectivity index (χ4v) is 10.2. The van der Waals surface area contributed by atoms with E-state index in [9.17, 15) is 5.11 Å². The fraction of sp³-hybridized carbons (Fsp3) is 0.410. The van der Waals surface area contributed by atoms with Gasteiger partial charge in [-0.05, 0) is 34.7 Å². The number of ether oxygens (including phenoxy) is 13. The highest BCUT2D eigenvalue weighted by Gasteiger charge is 2.57. The van der Waals surface area contributed by atoms with Gasteiger partial charge in [0.15, 0.2) is 25.2 Å². The summed E-state index contributed by atoms with van der Waals surface area (Å²) in [6.07, 6.45) is -13.2. The van der Waals surface area contributed by atoms with E-state index in [4.69, 9.17) is 67.3 Å². The molecule has 0 aliphatic carbocycles. The second-order valence-corrected chi connectivity index (χ2v) is 19.5. The summed E-state index contributed by atoms with van der Waals surface area (Å²) in [5.41, 5.74) is 12.5. The van der Waals surface area contributed by atoms with Gasteiger partial charge in [-0.25, -0.2) is 0 Å². The largest absolute Gasteiger partial charge is 0.394 e. The van der Waals surface area contributed by atoms with E-state index in [0.717, 1.165) is 33.4 Å². The SMILES string of the molecule is CO[C@@H]1O[C@@H]2CO[C@@H](c3ccccc3)O[C@H]2[C@H](O[C@@H]2O[C@@H](C)[C@H](OCc3ccccc3)[C@@H](O[C@@H]3O[C@@H](CO)[C@H](OCc4ccccc4)[C@@H](OCc4ccccc4)[C@H]3OCc3ccccc3)[C@H]2OCc2ccccc2)[C@H]1N. The van der Waals surface area contributed by atoms with Gasteiger partial charge in [0, 0.05) is 12.7 Å². The molecule has 402 valence electrons. The molecule has 16 atom stereocenters. The summed E-state index contributed by atoms with van der Waals surface area (Å²) >= 11 is 0. The Bertz CT molecular complexity index is 2590. The van der Waals surface area contributed by atoms with Crippen LogP contribution in [-0.4, -0.2) is 117 Å². The van der Waals surface area contributed by atoms with Crippen LogP contribution in [0, 0.1) is 0 Å². The minimum Gasteiger partial charge on any atom is -0.394 e. The average Bonchev–Trinajstić information content (AvgIpc) is 3.48. The zero-order valence-corrected chi connectivity index (χ0v) is 42.8. The van der Waals surface area contributed by atoms with Crippen molar-refractivity contribution in [1.29, 1.82) is 0 Å². The zero-order chi connectivity index (χ0) is 52.1. The minimum absolute atomic E-state index is 0.137. The number of fused-ring (bicyclic) bond motifs is 1. The van der Waals surface area contributed by atoms with Gasteiger partial charge in [0.05, 0.1) is 58.4 Å². The molecule has 4 heterocycles. The summed E-state index contributed by atoms with van der Waals surface area (Å²) in [4.78, 5) is 0. The average molecular weight is 1040 g/mol. The predicted molar refractivity (Wildman–Crippen MR) is 279 cm³/mol. The lowest BCUT2D eigenvalue weighted by atomic mass is 9.94. The Kier molecular flexibility index (Phi) is 19.1. The lowest BCUT2D eigenvalue weighted by Gasteiger charge is -2.52. The van der Waals surface area contributed by atoms with Crippen LogP contribution in [-0.2, 0) is 94.6 Å². The molecule has 4 aliphatic rings. The fourth-order valence-electron chi connectivity index (χ4n) is 10.2. The Hall–Kier alpha value is -5.28. The van der Waals surface area contributed by atoms with Crippen molar-refractivity contribution in [3.05, 3.63) is 215 Å². The zero-order valence-electron chi connectivity index (χ0n) is 42.8. The molecule has 4 aliphatic heterocycles. The first-order valence-electron chi connectivity index (χ1n) is 26.2. The van der Waals surface area contributed by atoms with Crippen LogP contribution in [0.3, 0.4) is 0 Å². The van der Waals surface area contributed by atoms with E-state index in [-0.39, 0.29) is 39.6 Å². The first-order chi connectivity index (χ1) is 37.4. The van der Waals surface area contributed by atoms with Crippen molar-refractivity contribution >= 4 is 0 Å². The molecule has 0 unspecified atom stereocenters. The second-order valence-electron chi connectivity index (χ2n) is 19.5. The van der Waals surface area contributed by atoms with E-state index in [2.05, 4.69) is 0 Å². The molecule has 6 aromatic carbocycles. The third kappa shape index (κ3) is 13.5. The topological polar surface area (TPSA) is 166 Å². The van der Waals surface area contributed by atoms with E-state index in [1.807, 2.05) is 189 Å². The van der Waals surface area contributed by atoms with Crippen molar-refractivity contribution in [2.75, 3.05) is 20.3 Å². The van der Waals surface area contributed by atoms with Gasteiger partial charge in [-0.1, -0.05) is 182 Å². The van der Waals surface area contributed by atoms with Crippen molar-refractivity contribution < 1.29 is 66.7 Å². The lowest BCUT2D eigenvalue weighted by molar-refractivity contribution is -0.394. The maximum atomic E-state index is 11.3. The molecular weight excluding hydrogens is 971 g/mol. The van der Waals surface area contributed by atoms with Crippen LogP contribution in [0.15, 0.2) is 182 Å². The van der Waals surface area contributed by atoms with Crippen LogP contribution in [0.2, 0.25) is 0 Å². The van der Waals surface area contributed by atoms with Gasteiger partial charge in [-0.15, -0.1) is 0 Å². The van der Waals surface area contributed by atoms with Crippen LogP contribution in [0.5, 0.6) is 0 Å². The number of methoxy groups -OCH3 is 1. The molecule has 0 saturated carbocycles. The third-order valence-electron chi connectivity index (χ3n) is 14.2. The van der Waals surface area contributed by atoms with Crippen molar-refractivity contribution in [2.24, 2.45) is 5.73 Å². The number of hydrogen-bond donors (Lipinski definition) is 2. The highest BCUT2D eigenvalue weighted by molar-refractivity contribution is 5.19. The Balaban J connectivity index is 1.03. The highest BCUT2D eigenvalue weighted by Crippen LogP contribution is 2.40. The number of aliphatic hydroxyl groups excluding tert-OH is 1. The lowest BCUT2D eigenvalue weighted by Crippen LogP contribution is -2.69. The Morgan fingerprint density at radius 1 is 0.447 bits per heavy atom. The van der Waals surface area contributed by atoms with Crippen LogP contribution in [0.1, 0.15) is 46.6 Å². The summed E-state index contributed by atoms with van der Waals surface area (Å²) in [5, 5.41) is 11.3. The summed E-state index contributed by atoms with van der Waals surface area (Å²) in [7, 11) is 1.54. The quantitative estimate of drug-likeness (QED) is 0.0672. The van der Waals surface area contributed by atoms with Crippen molar-refractivity contribution in [3.63, 3.8) is 0 Å². The smallest absolute Gasteiger partial charge is 0.187 e. The summed E-state index contributed by atoms with van der Waals surface area (Å²) < 4.78 is 88.4. The van der Waals surface area contributed by atoms with Crippen LogP contribution in [0.25, 0.3) is 0 Å². The second kappa shape index (κ2) is 26.9. The van der Waals surface area contributed by atoms with Crippen LogP contribution in [0.4, 0.5) is 0 Å². The molecule has 0 radical (unpaired) electrons. The Labute approximate surface area is 444 Å². The van der Waals surface area contributed by atoms with Crippen molar-refractivity contribution in [1.82, 2.24) is 0 Å². The van der Waals surface area contributed by atoms with E-state index in [0.29, 0.717) is 0 Å². The molecule has 4 saturated heterocycles. The number of benzene rings is 6. The van der Waals surface area contributed by atoms with Crippen molar-refractivity contribution in [3.8, 4) is 0 Å².